The number of aromatic nitrogens is 3. The van der Waals surface area contributed by atoms with Crippen LogP contribution in [-0.2, 0) is 11.3 Å². The van der Waals surface area contributed by atoms with Gasteiger partial charge in [0.15, 0.2) is 5.69 Å². The predicted molar refractivity (Wildman–Crippen MR) is 101 cm³/mol. The number of esters is 1. The zero-order valence-corrected chi connectivity index (χ0v) is 15.8. The van der Waals surface area contributed by atoms with E-state index < -0.39 is 11.9 Å². The predicted octanol–water partition coefficient (Wildman–Crippen LogP) is 3.14. The molecule has 9 heteroatoms. The Bertz CT molecular complexity index is 1030. The number of aromatic carboxylic acids is 1. The maximum Gasteiger partial charge on any atom is 0.356 e. The summed E-state index contributed by atoms with van der Waals surface area (Å²) >= 11 is 6.04. The highest BCUT2D eigenvalue weighted by Gasteiger charge is 2.22. The summed E-state index contributed by atoms with van der Waals surface area (Å²) in [6, 6.07) is 11.3. The van der Waals surface area contributed by atoms with Crippen LogP contribution in [-0.4, -0.2) is 46.3 Å². The maximum atomic E-state index is 11.9. The van der Waals surface area contributed by atoms with Crippen LogP contribution in [0.3, 0.4) is 0 Å². The van der Waals surface area contributed by atoms with Gasteiger partial charge >= 0.3 is 11.9 Å². The van der Waals surface area contributed by atoms with Gasteiger partial charge in [-0.05, 0) is 30.3 Å². The summed E-state index contributed by atoms with van der Waals surface area (Å²) < 4.78 is 11.2. The van der Waals surface area contributed by atoms with Crippen LogP contribution in [0.15, 0.2) is 42.5 Å². The lowest BCUT2D eigenvalue weighted by molar-refractivity contribution is 0.0599. The Morgan fingerprint density at radius 3 is 2.46 bits per heavy atom. The number of rotatable bonds is 6. The molecule has 0 aliphatic heterocycles. The van der Waals surface area contributed by atoms with Crippen molar-refractivity contribution in [3.05, 3.63) is 64.3 Å². The molecule has 144 valence electrons. The van der Waals surface area contributed by atoms with Gasteiger partial charge in [0.1, 0.15) is 11.4 Å². The Hall–Kier alpha value is -3.39. The van der Waals surface area contributed by atoms with E-state index in [9.17, 15) is 14.7 Å². The number of benzene rings is 2. The molecule has 28 heavy (non-hydrogen) atoms. The molecule has 0 aliphatic rings. The van der Waals surface area contributed by atoms with Gasteiger partial charge in [-0.2, -0.15) is 0 Å². The lowest BCUT2D eigenvalue weighted by Gasteiger charge is -2.10. The maximum absolute atomic E-state index is 11.9. The van der Waals surface area contributed by atoms with Crippen LogP contribution >= 0.6 is 11.6 Å². The van der Waals surface area contributed by atoms with Crippen molar-refractivity contribution in [1.82, 2.24) is 15.0 Å². The van der Waals surface area contributed by atoms with E-state index in [1.165, 1.54) is 31.0 Å². The molecule has 8 nitrogen and oxygen atoms in total. The van der Waals surface area contributed by atoms with Crippen molar-refractivity contribution in [3.8, 4) is 17.0 Å². The molecule has 0 aliphatic carbocycles. The molecule has 3 rings (SSSR count). The number of carboxylic acid groups (broad SMARTS) is 1. The summed E-state index contributed by atoms with van der Waals surface area (Å²) in [4.78, 5) is 23.4. The van der Waals surface area contributed by atoms with Crippen molar-refractivity contribution >= 4 is 23.5 Å². The number of nitrogens with zero attached hydrogens (tertiary/aromatic N) is 3. The van der Waals surface area contributed by atoms with Crippen LogP contribution in [0.2, 0.25) is 5.02 Å². The Balaban J connectivity index is 2.00. The molecule has 0 spiro atoms. The van der Waals surface area contributed by atoms with E-state index in [1.54, 1.807) is 30.3 Å². The van der Waals surface area contributed by atoms with E-state index in [1.807, 2.05) is 0 Å². The van der Waals surface area contributed by atoms with Gasteiger partial charge in [-0.1, -0.05) is 28.9 Å². The first-order valence-electron chi connectivity index (χ1n) is 8.12. The SMILES string of the molecule is COC(=O)c1ccc(-c2nnn(Cc3cc(Cl)ccc3OC)c2C(=O)O)cc1. The van der Waals surface area contributed by atoms with Crippen molar-refractivity contribution in [1.29, 1.82) is 0 Å². The molecule has 0 atom stereocenters. The van der Waals surface area contributed by atoms with Crippen molar-refractivity contribution in [2.75, 3.05) is 14.2 Å². The largest absolute Gasteiger partial charge is 0.496 e. The first kappa shape index (κ1) is 19.4. The lowest BCUT2D eigenvalue weighted by Crippen LogP contribution is -2.12. The molecule has 1 heterocycles. The summed E-state index contributed by atoms with van der Waals surface area (Å²) in [7, 11) is 2.80. The van der Waals surface area contributed by atoms with Crippen LogP contribution in [0.4, 0.5) is 0 Å². The quantitative estimate of drug-likeness (QED) is 0.633. The fourth-order valence-electron chi connectivity index (χ4n) is 2.74. The Kier molecular flexibility index (Phi) is 5.60. The summed E-state index contributed by atoms with van der Waals surface area (Å²) in [5.74, 6) is -1.11. The number of carbonyl (C=O) groups excluding carboxylic acids is 1. The van der Waals surface area contributed by atoms with Crippen molar-refractivity contribution in [2.45, 2.75) is 6.54 Å². The third-order valence-corrected chi connectivity index (χ3v) is 4.31. The Morgan fingerprint density at radius 2 is 1.86 bits per heavy atom. The first-order chi connectivity index (χ1) is 13.4. The minimum atomic E-state index is -1.18. The molecule has 0 unspecified atom stereocenters. The minimum absolute atomic E-state index is 0.0900. The van der Waals surface area contributed by atoms with Gasteiger partial charge in [0.25, 0.3) is 0 Å². The van der Waals surface area contributed by atoms with E-state index >= 15 is 0 Å². The van der Waals surface area contributed by atoms with Crippen LogP contribution < -0.4 is 4.74 Å². The second-order valence-corrected chi connectivity index (χ2v) is 6.21. The summed E-state index contributed by atoms with van der Waals surface area (Å²) in [6.45, 7) is 0.110. The van der Waals surface area contributed by atoms with Crippen molar-refractivity contribution in [3.63, 3.8) is 0 Å². The smallest absolute Gasteiger partial charge is 0.356 e. The third-order valence-electron chi connectivity index (χ3n) is 4.08. The van der Waals surface area contributed by atoms with Crippen LogP contribution in [0.1, 0.15) is 26.4 Å². The van der Waals surface area contributed by atoms with Crippen molar-refractivity contribution in [2.24, 2.45) is 0 Å². The average Bonchev–Trinajstić information content (AvgIpc) is 3.11. The van der Waals surface area contributed by atoms with Gasteiger partial charge in [-0.25, -0.2) is 14.3 Å². The normalized spacial score (nSPS) is 10.5. The number of carbonyl (C=O) groups is 2. The topological polar surface area (TPSA) is 104 Å². The molecule has 0 saturated heterocycles. The monoisotopic (exact) mass is 401 g/mol. The Labute approximate surface area is 165 Å². The highest BCUT2D eigenvalue weighted by molar-refractivity contribution is 6.30. The second kappa shape index (κ2) is 8.10. The number of methoxy groups -OCH3 is 2. The van der Waals surface area contributed by atoms with E-state index in [0.717, 1.165) is 0 Å². The van der Waals surface area contributed by atoms with Crippen LogP contribution in [0.5, 0.6) is 5.75 Å². The molecule has 3 aromatic rings. The molecule has 0 radical (unpaired) electrons. The second-order valence-electron chi connectivity index (χ2n) is 5.77. The standard InChI is InChI=1S/C19H16ClN3O5/c1-27-15-8-7-14(20)9-13(15)10-23-17(18(24)25)16(21-22-23)11-3-5-12(6-4-11)19(26)28-2/h3-9H,10H2,1-2H3,(H,24,25). The number of hydrogen-bond donors (Lipinski definition) is 1. The molecule has 2 aromatic carbocycles. The molecule has 0 bridgehead atoms. The number of carboxylic acids is 1. The van der Waals surface area contributed by atoms with E-state index in [4.69, 9.17) is 16.3 Å². The molecular weight excluding hydrogens is 386 g/mol. The number of hydrogen-bond acceptors (Lipinski definition) is 6. The lowest BCUT2D eigenvalue weighted by atomic mass is 10.1. The fourth-order valence-corrected chi connectivity index (χ4v) is 2.94. The van der Waals surface area contributed by atoms with Gasteiger partial charge in [-0.15, -0.1) is 5.10 Å². The molecule has 0 saturated carbocycles. The fraction of sp³-hybridized carbons (Fsp3) is 0.158. The highest BCUT2D eigenvalue weighted by Crippen LogP contribution is 2.26. The van der Waals surface area contributed by atoms with Crippen LogP contribution in [0.25, 0.3) is 11.3 Å². The molecule has 1 N–H and O–H groups in total. The van der Waals surface area contributed by atoms with Gasteiger partial charge in [0, 0.05) is 16.1 Å². The molecule has 0 amide bonds. The number of ether oxygens (including phenoxy) is 2. The Morgan fingerprint density at radius 1 is 1.14 bits per heavy atom. The summed E-state index contributed by atoms with van der Waals surface area (Å²) in [5.41, 5.74) is 1.61. The zero-order chi connectivity index (χ0) is 20.3. The van der Waals surface area contributed by atoms with Gasteiger partial charge in [0.2, 0.25) is 0 Å². The highest BCUT2D eigenvalue weighted by atomic mass is 35.5. The van der Waals surface area contributed by atoms with E-state index in [-0.39, 0.29) is 17.9 Å². The van der Waals surface area contributed by atoms with Crippen molar-refractivity contribution < 1.29 is 24.2 Å². The molecule has 0 fully saturated rings. The summed E-state index contributed by atoms with van der Waals surface area (Å²) in [5, 5.41) is 18.2. The minimum Gasteiger partial charge on any atom is -0.496 e. The van der Waals surface area contributed by atoms with Gasteiger partial charge in [0.05, 0.1) is 26.3 Å². The molecule has 1 aromatic heterocycles. The number of halogens is 1. The zero-order valence-electron chi connectivity index (χ0n) is 15.0. The average molecular weight is 402 g/mol. The van der Waals surface area contributed by atoms with E-state index in [0.29, 0.717) is 27.5 Å². The third kappa shape index (κ3) is 3.81. The summed E-state index contributed by atoms with van der Waals surface area (Å²) in [6.07, 6.45) is 0. The molecular formula is C19H16ClN3O5. The van der Waals surface area contributed by atoms with Gasteiger partial charge in [-0.3, -0.25) is 0 Å². The van der Waals surface area contributed by atoms with Gasteiger partial charge < -0.3 is 14.6 Å². The first-order valence-corrected chi connectivity index (χ1v) is 8.50. The van der Waals surface area contributed by atoms with E-state index in [2.05, 4.69) is 15.0 Å². The van der Waals surface area contributed by atoms with Crippen LogP contribution in [0, 0.1) is 0 Å².